The zero-order valence-electron chi connectivity index (χ0n) is 14.4. The van der Waals surface area contributed by atoms with E-state index in [1.54, 1.807) is 13.0 Å². The molecule has 124 valence electrons. The summed E-state index contributed by atoms with van der Waals surface area (Å²) in [6, 6.07) is 9.94. The molecule has 24 heavy (non-hydrogen) atoms. The van der Waals surface area contributed by atoms with E-state index in [9.17, 15) is 4.79 Å². The molecule has 2 aromatic heterocycles. The monoisotopic (exact) mass is 323 g/mol. The second-order valence-electron chi connectivity index (χ2n) is 6.10. The molecule has 6 heteroatoms. The Balaban J connectivity index is 1.85. The third-order valence-corrected chi connectivity index (χ3v) is 3.79. The summed E-state index contributed by atoms with van der Waals surface area (Å²) in [7, 11) is 0. The number of para-hydroxylation sites is 2. The van der Waals surface area contributed by atoms with E-state index >= 15 is 0 Å². The van der Waals surface area contributed by atoms with Gasteiger partial charge in [0.25, 0.3) is 5.91 Å². The fourth-order valence-electron chi connectivity index (χ4n) is 2.88. The zero-order valence-corrected chi connectivity index (χ0v) is 14.4. The van der Waals surface area contributed by atoms with Gasteiger partial charge in [0.15, 0.2) is 0 Å². The average molecular weight is 323 g/mol. The smallest absolute Gasteiger partial charge is 0.270 e. The lowest BCUT2D eigenvalue weighted by Gasteiger charge is -2.13. The van der Waals surface area contributed by atoms with Gasteiger partial charge in [-0.15, -0.1) is 0 Å². The van der Waals surface area contributed by atoms with Crippen LogP contribution in [0.5, 0.6) is 0 Å². The van der Waals surface area contributed by atoms with Crippen molar-refractivity contribution in [1.29, 1.82) is 0 Å². The lowest BCUT2D eigenvalue weighted by molar-refractivity contribution is 0.0943. The molecule has 6 nitrogen and oxygen atoms in total. The van der Waals surface area contributed by atoms with Crippen LogP contribution in [0.4, 0.5) is 0 Å². The van der Waals surface area contributed by atoms with Crippen molar-refractivity contribution in [2.45, 2.75) is 40.3 Å². The van der Waals surface area contributed by atoms with E-state index in [4.69, 9.17) is 0 Å². The van der Waals surface area contributed by atoms with E-state index in [2.05, 4.69) is 38.7 Å². The molecular formula is C18H21N5O. The number of aryl methyl sites for hydroxylation is 2. The third-order valence-electron chi connectivity index (χ3n) is 3.79. The van der Waals surface area contributed by atoms with Gasteiger partial charge in [-0.05, 0) is 45.9 Å². The van der Waals surface area contributed by atoms with E-state index in [1.807, 2.05) is 31.2 Å². The number of nitrogens with zero attached hydrogens (tertiary/aromatic N) is 4. The molecule has 0 aliphatic carbocycles. The van der Waals surface area contributed by atoms with Crippen molar-refractivity contribution in [2.24, 2.45) is 0 Å². The Kier molecular flexibility index (Phi) is 4.29. The third kappa shape index (κ3) is 3.13. The van der Waals surface area contributed by atoms with Gasteiger partial charge in [-0.25, -0.2) is 15.0 Å². The van der Waals surface area contributed by atoms with Gasteiger partial charge in [-0.2, -0.15) is 0 Å². The number of hydrogen-bond donors (Lipinski definition) is 1. The molecule has 0 bridgehead atoms. The van der Waals surface area contributed by atoms with Gasteiger partial charge in [0.05, 0.1) is 17.6 Å². The van der Waals surface area contributed by atoms with Gasteiger partial charge in [0.2, 0.25) is 0 Å². The van der Waals surface area contributed by atoms with E-state index in [-0.39, 0.29) is 11.9 Å². The van der Waals surface area contributed by atoms with Gasteiger partial charge < -0.3 is 9.88 Å². The molecule has 0 saturated heterocycles. The number of hydrogen-bond acceptors (Lipinski definition) is 4. The largest absolute Gasteiger partial charge is 0.343 e. The lowest BCUT2D eigenvalue weighted by Crippen LogP contribution is -2.26. The van der Waals surface area contributed by atoms with Crippen molar-refractivity contribution in [3.8, 4) is 0 Å². The number of rotatable bonds is 4. The summed E-state index contributed by atoms with van der Waals surface area (Å²) in [4.78, 5) is 25.4. The molecule has 0 spiro atoms. The van der Waals surface area contributed by atoms with Crippen LogP contribution < -0.4 is 5.32 Å². The Morgan fingerprint density at radius 1 is 1.17 bits per heavy atom. The normalized spacial score (nSPS) is 11.2. The van der Waals surface area contributed by atoms with Crippen LogP contribution in [0.15, 0.2) is 30.3 Å². The predicted octanol–water partition coefficient (Wildman–Crippen LogP) is 2.95. The highest BCUT2D eigenvalue weighted by Crippen LogP contribution is 2.20. The zero-order chi connectivity index (χ0) is 17.3. The molecule has 3 rings (SSSR count). The fourth-order valence-corrected chi connectivity index (χ4v) is 2.88. The van der Waals surface area contributed by atoms with Crippen LogP contribution in [-0.4, -0.2) is 25.4 Å². The van der Waals surface area contributed by atoms with Crippen LogP contribution in [0.3, 0.4) is 0 Å². The van der Waals surface area contributed by atoms with Crippen molar-refractivity contribution in [1.82, 2.24) is 24.8 Å². The van der Waals surface area contributed by atoms with Crippen molar-refractivity contribution in [2.75, 3.05) is 0 Å². The van der Waals surface area contributed by atoms with Gasteiger partial charge in [0, 0.05) is 11.7 Å². The lowest BCUT2D eigenvalue weighted by atomic mass is 10.3. The minimum absolute atomic E-state index is 0.217. The van der Waals surface area contributed by atoms with Crippen molar-refractivity contribution in [3.63, 3.8) is 0 Å². The molecular weight excluding hydrogens is 302 g/mol. The first kappa shape index (κ1) is 16.1. The molecule has 0 fully saturated rings. The highest BCUT2D eigenvalue weighted by atomic mass is 16.1. The first-order valence-corrected chi connectivity index (χ1v) is 8.02. The Morgan fingerprint density at radius 3 is 2.62 bits per heavy atom. The molecule has 0 aliphatic rings. The summed E-state index contributed by atoms with van der Waals surface area (Å²) in [5.74, 6) is 1.21. The van der Waals surface area contributed by atoms with Gasteiger partial charge in [0.1, 0.15) is 17.3 Å². The van der Waals surface area contributed by atoms with Gasteiger partial charge in [-0.1, -0.05) is 12.1 Å². The number of carbonyl (C=O) groups excluding carboxylic acids is 1. The Hall–Kier alpha value is -2.76. The standard InChI is InChI=1S/C18H21N5O/c1-11(2)23-16-8-6-5-7-14(16)22-17(23)10-19-18(24)15-9-12(3)20-13(4)21-15/h5-9,11H,10H2,1-4H3,(H,19,24). The summed E-state index contributed by atoms with van der Waals surface area (Å²) >= 11 is 0. The number of fused-ring (bicyclic) bond motifs is 1. The number of carbonyl (C=O) groups is 1. The van der Waals surface area contributed by atoms with Crippen LogP contribution in [0.25, 0.3) is 11.0 Å². The number of nitrogens with one attached hydrogen (secondary N) is 1. The predicted molar refractivity (Wildman–Crippen MR) is 92.8 cm³/mol. The number of aromatic nitrogens is 4. The van der Waals surface area contributed by atoms with Crippen LogP contribution >= 0.6 is 0 Å². The van der Waals surface area contributed by atoms with Gasteiger partial charge >= 0.3 is 0 Å². The topological polar surface area (TPSA) is 72.7 Å². The average Bonchev–Trinajstić information content (AvgIpc) is 2.90. The summed E-state index contributed by atoms with van der Waals surface area (Å²) in [6.07, 6.45) is 0. The molecule has 3 aromatic rings. The van der Waals surface area contributed by atoms with E-state index < -0.39 is 0 Å². The Bertz CT molecular complexity index is 877. The minimum atomic E-state index is -0.217. The molecule has 2 heterocycles. The maximum Gasteiger partial charge on any atom is 0.270 e. The molecule has 0 saturated carbocycles. The number of imidazole rings is 1. The maximum atomic E-state index is 12.4. The molecule has 1 N–H and O–H groups in total. The molecule has 0 radical (unpaired) electrons. The van der Waals surface area contributed by atoms with Crippen LogP contribution in [-0.2, 0) is 6.54 Å². The summed E-state index contributed by atoms with van der Waals surface area (Å²) in [5.41, 5.74) is 3.17. The van der Waals surface area contributed by atoms with Crippen molar-refractivity contribution >= 4 is 16.9 Å². The highest BCUT2D eigenvalue weighted by Gasteiger charge is 2.15. The van der Waals surface area contributed by atoms with Crippen LogP contribution in [0.2, 0.25) is 0 Å². The first-order chi connectivity index (χ1) is 11.5. The SMILES string of the molecule is Cc1cc(C(=O)NCc2nc3ccccc3n2C(C)C)nc(C)n1. The second kappa shape index (κ2) is 6.39. The first-order valence-electron chi connectivity index (χ1n) is 8.02. The second-order valence-corrected chi connectivity index (χ2v) is 6.10. The molecule has 0 aliphatic heterocycles. The maximum absolute atomic E-state index is 12.4. The quantitative estimate of drug-likeness (QED) is 0.801. The van der Waals surface area contributed by atoms with E-state index in [1.165, 1.54) is 0 Å². The molecule has 1 amide bonds. The van der Waals surface area contributed by atoms with Crippen molar-refractivity contribution < 1.29 is 4.79 Å². The minimum Gasteiger partial charge on any atom is -0.343 e. The van der Waals surface area contributed by atoms with Crippen LogP contribution in [0.1, 0.15) is 47.7 Å². The summed E-state index contributed by atoms with van der Waals surface area (Å²) < 4.78 is 2.14. The fraction of sp³-hybridized carbons (Fsp3) is 0.333. The van der Waals surface area contributed by atoms with E-state index in [0.717, 1.165) is 22.6 Å². The molecule has 0 atom stereocenters. The Labute approximate surface area is 141 Å². The Morgan fingerprint density at radius 2 is 1.92 bits per heavy atom. The summed E-state index contributed by atoms with van der Waals surface area (Å²) in [5, 5.41) is 2.91. The summed E-state index contributed by atoms with van der Waals surface area (Å²) in [6.45, 7) is 8.20. The molecule has 0 unspecified atom stereocenters. The van der Waals surface area contributed by atoms with E-state index in [0.29, 0.717) is 18.1 Å². The highest BCUT2D eigenvalue weighted by molar-refractivity contribution is 5.92. The van der Waals surface area contributed by atoms with Gasteiger partial charge in [-0.3, -0.25) is 4.79 Å². The molecule has 1 aromatic carbocycles. The van der Waals surface area contributed by atoms with Crippen molar-refractivity contribution in [3.05, 3.63) is 53.4 Å². The number of amides is 1. The number of benzene rings is 1. The van der Waals surface area contributed by atoms with Crippen LogP contribution in [0, 0.1) is 13.8 Å².